The average molecular weight is 282 g/mol. The summed E-state index contributed by atoms with van der Waals surface area (Å²) in [5.41, 5.74) is 0. The van der Waals surface area contributed by atoms with Crippen molar-refractivity contribution in [2.24, 2.45) is 0 Å². The first-order valence-corrected chi connectivity index (χ1v) is 6.00. The molecule has 8 heteroatoms. The number of nitrogens with zero attached hydrogens (tertiary/aromatic N) is 1. The zero-order valence-corrected chi connectivity index (χ0v) is 10.5. The van der Waals surface area contributed by atoms with E-state index in [9.17, 15) is 18.0 Å². The molecular formula is C11H17F3N2O3. The third-order valence-electron chi connectivity index (χ3n) is 3.21. The van der Waals surface area contributed by atoms with E-state index in [1.807, 2.05) is 0 Å². The molecular weight excluding hydrogens is 265 g/mol. The van der Waals surface area contributed by atoms with E-state index in [1.54, 1.807) is 0 Å². The minimum absolute atomic E-state index is 0.437. The molecule has 2 aliphatic heterocycles. The molecule has 2 aliphatic rings. The Balaban J connectivity index is 0.000000224. The normalized spacial score (nSPS) is 28.1. The number of rotatable bonds is 0. The van der Waals surface area contributed by atoms with Gasteiger partial charge < -0.3 is 10.4 Å². The molecule has 0 amide bonds. The predicted molar refractivity (Wildman–Crippen MR) is 60.8 cm³/mol. The summed E-state index contributed by atoms with van der Waals surface area (Å²) in [5.74, 6) is -2.32. The lowest BCUT2D eigenvalue weighted by Crippen LogP contribution is -2.59. The van der Waals surface area contributed by atoms with Crippen molar-refractivity contribution in [1.82, 2.24) is 10.2 Å². The Kier molecular flexibility index (Phi) is 5.30. The van der Waals surface area contributed by atoms with Crippen LogP contribution in [0.5, 0.6) is 0 Å². The minimum atomic E-state index is -5.08. The highest BCUT2D eigenvalue weighted by Crippen LogP contribution is 2.19. The molecule has 5 nitrogen and oxygen atoms in total. The lowest BCUT2D eigenvalue weighted by atomic mass is 9.97. The SMILES string of the molecule is C[C@@H]1CNCC2CC(=O)CCN21.O=C(O)C(F)(F)F. The number of aliphatic carboxylic acids is 1. The molecule has 2 heterocycles. The predicted octanol–water partition coefficient (Wildman–Crippen LogP) is 0.645. The maximum atomic E-state index is 11.2. The van der Waals surface area contributed by atoms with Crippen molar-refractivity contribution in [3.05, 3.63) is 0 Å². The molecule has 2 atom stereocenters. The quantitative estimate of drug-likeness (QED) is 0.682. The largest absolute Gasteiger partial charge is 0.490 e. The molecule has 2 fully saturated rings. The second-order valence-electron chi connectivity index (χ2n) is 4.69. The number of carbonyl (C=O) groups is 2. The van der Waals surface area contributed by atoms with E-state index >= 15 is 0 Å². The Morgan fingerprint density at radius 3 is 2.53 bits per heavy atom. The summed E-state index contributed by atoms with van der Waals surface area (Å²) in [4.78, 5) is 22.5. The molecule has 0 aromatic rings. The van der Waals surface area contributed by atoms with Gasteiger partial charge in [0.05, 0.1) is 0 Å². The van der Waals surface area contributed by atoms with Crippen LogP contribution in [0.3, 0.4) is 0 Å². The Hall–Kier alpha value is -1.15. The molecule has 0 saturated carbocycles. The van der Waals surface area contributed by atoms with Gasteiger partial charge in [0.2, 0.25) is 0 Å². The molecule has 2 saturated heterocycles. The van der Waals surface area contributed by atoms with E-state index in [1.165, 1.54) is 0 Å². The van der Waals surface area contributed by atoms with Gasteiger partial charge in [0.25, 0.3) is 0 Å². The molecule has 2 rings (SSSR count). The Labute approximate surface area is 108 Å². The fraction of sp³-hybridized carbons (Fsp3) is 0.818. The van der Waals surface area contributed by atoms with Crippen LogP contribution in [0, 0.1) is 0 Å². The van der Waals surface area contributed by atoms with Gasteiger partial charge in [0.1, 0.15) is 5.78 Å². The Morgan fingerprint density at radius 1 is 1.42 bits per heavy atom. The molecule has 0 aliphatic carbocycles. The van der Waals surface area contributed by atoms with Gasteiger partial charge in [-0.05, 0) is 6.92 Å². The van der Waals surface area contributed by atoms with Gasteiger partial charge in [-0.1, -0.05) is 0 Å². The summed E-state index contributed by atoms with van der Waals surface area (Å²) < 4.78 is 31.7. The number of carboxylic acids is 1. The standard InChI is InChI=1S/C9H16N2O.C2HF3O2/c1-7-5-10-6-8-4-9(12)2-3-11(7)8;3-2(4,5)1(6)7/h7-8,10H,2-6H2,1H3;(H,6,7)/t7-,8?;/m1./s1. The number of halogens is 3. The lowest BCUT2D eigenvalue weighted by molar-refractivity contribution is -0.192. The van der Waals surface area contributed by atoms with Crippen molar-refractivity contribution < 1.29 is 27.9 Å². The van der Waals surface area contributed by atoms with Crippen LogP contribution in [0.1, 0.15) is 19.8 Å². The number of carboxylic acid groups (broad SMARTS) is 1. The van der Waals surface area contributed by atoms with Crippen molar-refractivity contribution in [2.45, 2.75) is 38.0 Å². The number of piperidine rings is 1. The van der Waals surface area contributed by atoms with Gasteiger partial charge in [-0.25, -0.2) is 4.79 Å². The maximum Gasteiger partial charge on any atom is 0.490 e. The van der Waals surface area contributed by atoms with Crippen molar-refractivity contribution in [3.8, 4) is 0 Å². The van der Waals surface area contributed by atoms with Gasteiger partial charge in [0, 0.05) is 44.6 Å². The molecule has 1 unspecified atom stereocenters. The topological polar surface area (TPSA) is 69.6 Å². The number of piperazine rings is 1. The van der Waals surface area contributed by atoms with Crippen LogP contribution >= 0.6 is 0 Å². The van der Waals surface area contributed by atoms with Crippen LogP contribution in [-0.4, -0.2) is 59.7 Å². The average Bonchev–Trinajstić information content (AvgIpc) is 2.28. The van der Waals surface area contributed by atoms with Crippen LogP contribution in [0.2, 0.25) is 0 Å². The lowest BCUT2D eigenvalue weighted by Gasteiger charge is -2.43. The fourth-order valence-corrected chi connectivity index (χ4v) is 2.26. The molecule has 0 aromatic heterocycles. The van der Waals surface area contributed by atoms with Crippen LogP contribution in [0.4, 0.5) is 13.2 Å². The summed E-state index contributed by atoms with van der Waals surface area (Å²) in [5, 5.41) is 10.5. The number of fused-ring (bicyclic) bond motifs is 1. The van der Waals surface area contributed by atoms with Crippen molar-refractivity contribution in [1.29, 1.82) is 0 Å². The summed E-state index contributed by atoms with van der Waals surface area (Å²) >= 11 is 0. The smallest absolute Gasteiger partial charge is 0.475 e. The van der Waals surface area contributed by atoms with Crippen molar-refractivity contribution >= 4 is 11.8 Å². The number of nitrogens with one attached hydrogen (secondary N) is 1. The number of hydrogen-bond donors (Lipinski definition) is 2. The first kappa shape index (κ1) is 15.9. The van der Waals surface area contributed by atoms with Gasteiger partial charge in [-0.3, -0.25) is 9.69 Å². The highest BCUT2D eigenvalue weighted by molar-refractivity contribution is 5.80. The molecule has 2 N–H and O–H groups in total. The van der Waals surface area contributed by atoms with E-state index in [4.69, 9.17) is 9.90 Å². The molecule has 0 radical (unpaired) electrons. The highest BCUT2D eigenvalue weighted by Gasteiger charge is 2.38. The monoisotopic (exact) mass is 282 g/mol. The van der Waals surface area contributed by atoms with Crippen LogP contribution in [0.15, 0.2) is 0 Å². The summed E-state index contributed by atoms with van der Waals surface area (Å²) in [6.07, 6.45) is -3.56. The molecule has 19 heavy (non-hydrogen) atoms. The molecule has 0 spiro atoms. The van der Waals surface area contributed by atoms with E-state index in [0.717, 1.165) is 32.5 Å². The zero-order chi connectivity index (χ0) is 14.6. The summed E-state index contributed by atoms with van der Waals surface area (Å²) in [6, 6.07) is 1.09. The number of Topliss-reactive ketones (excluding diaryl/α,β-unsaturated/α-hetero) is 1. The number of carbonyl (C=O) groups excluding carboxylic acids is 1. The summed E-state index contributed by atoms with van der Waals surface area (Å²) in [6.45, 7) is 5.28. The van der Waals surface area contributed by atoms with Gasteiger partial charge >= 0.3 is 12.1 Å². The van der Waals surface area contributed by atoms with Crippen LogP contribution < -0.4 is 5.32 Å². The Bertz CT molecular complexity index is 347. The number of ketones is 1. The molecule has 0 aromatic carbocycles. The number of alkyl halides is 3. The molecule has 110 valence electrons. The van der Waals surface area contributed by atoms with E-state index in [0.29, 0.717) is 17.9 Å². The zero-order valence-electron chi connectivity index (χ0n) is 10.5. The van der Waals surface area contributed by atoms with E-state index < -0.39 is 12.1 Å². The van der Waals surface area contributed by atoms with Gasteiger partial charge in [0.15, 0.2) is 0 Å². The second-order valence-corrected chi connectivity index (χ2v) is 4.69. The van der Waals surface area contributed by atoms with Crippen molar-refractivity contribution in [3.63, 3.8) is 0 Å². The third-order valence-corrected chi connectivity index (χ3v) is 3.21. The van der Waals surface area contributed by atoms with Crippen molar-refractivity contribution in [2.75, 3.05) is 19.6 Å². The summed E-state index contributed by atoms with van der Waals surface area (Å²) in [7, 11) is 0. The first-order valence-electron chi connectivity index (χ1n) is 6.00. The molecule has 0 bridgehead atoms. The second kappa shape index (κ2) is 6.33. The minimum Gasteiger partial charge on any atom is -0.475 e. The van der Waals surface area contributed by atoms with E-state index in [-0.39, 0.29) is 0 Å². The van der Waals surface area contributed by atoms with Gasteiger partial charge in [-0.2, -0.15) is 13.2 Å². The maximum absolute atomic E-state index is 11.2. The highest BCUT2D eigenvalue weighted by atomic mass is 19.4. The van der Waals surface area contributed by atoms with Crippen LogP contribution in [-0.2, 0) is 9.59 Å². The van der Waals surface area contributed by atoms with Crippen LogP contribution in [0.25, 0.3) is 0 Å². The first-order chi connectivity index (χ1) is 8.71. The third kappa shape index (κ3) is 4.79. The van der Waals surface area contributed by atoms with E-state index in [2.05, 4.69) is 17.1 Å². The van der Waals surface area contributed by atoms with Gasteiger partial charge in [-0.15, -0.1) is 0 Å². The Morgan fingerprint density at radius 2 is 2.00 bits per heavy atom. The fourth-order valence-electron chi connectivity index (χ4n) is 2.26. The number of hydrogen-bond acceptors (Lipinski definition) is 4.